The number of amides is 1. The zero-order valence-corrected chi connectivity index (χ0v) is 18.3. The molecule has 0 aliphatic carbocycles. The first kappa shape index (κ1) is 23.3. The average Bonchev–Trinajstić information content (AvgIpc) is 3.24. The number of rotatable bonds is 7. The molecule has 4 rings (SSSR count). The van der Waals surface area contributed by atoms with Crippen molar-refractivity contribution >= 4 is 21.4 Å². The van der Waals surface area contributed by atoms with E-state index in [1.165, 1.54) is 36.4 Å². The minimum Gasteiger partial charge on any atom is -0.406 e. The Balaban J connectivity index is 1.40. The van der Waals surface area contributed by atoms with Crippen LogP contribution in [0.3, 0.4) is 0 Å². The van der Waals surface area contributed by atoms with E-state index in [2.05, 4.69) is 15.0 Å². The first-order chi connectivity index (χ1) is 16.1. The van der Waals surface area contributed by atoms with Gasteiger partial charge in [-0.3, -0.25) is 4.79 Å². The molecule has 7 nitrogen and oxygen atoms in total. The molecule has 0 atom stereocenters. The van der Waals surface area contributed by atoms with Gasteiger partial charge in [0.05, 0.1) is 10.6 Å². The number of imidazole rings is 1. The van der Waals surface area contributed by atoms with Gasteiger partial charge in [0.2, 0.25) is 0 Å². The van der Waals surface area contributed by atoms with Gasteiger partial charge in [-0.1, -0.05) is 18.2 Å². The molecular weight excluding hydrogens is 471 g/mol. The largest absolute Gasteiger partial charge is 0.573 e. The van der Waals surface area contributed by atoms with E-state index in [1.54, 1.807) is 12.4 Å². The average molecular weight is 489 g/mol. The van der Waals surface area contributed by atoms with E-state index in [4.69, 9.17) is 0 Å². The van der Waals surface area contributed by atoms with Gasteiger partial charge in [-0.25, -0.2) is 13.4 Å². The highest BCUT2D eigenvalue weighted by molar-refractivity contribution is 7.90. The van der Waals surface area contributed by atoms with Crippen molar-refractivity contribution in [3.05, 3.63) is 95.9 Å². The molecule has 34 heavy (non-hydrogen) atoms. The van der Waals surface area contributed by atoms with Crippen LogP contribution in [0.15, 0.2) is 84.1 Å². The maximum atomic E-state index is 12.7. The molecule has 0 bridgehead atoms. The summed E-state index contributed by atoms with van der Waals surface area (Å²) < 4.78 is 68.3. The van der Waals surface area contributed by atoms with Gasteiger partial charge in [-0.2, -0.15) is 0 Å². The van der Waals surface area contributed by atoms with Crippen molar-refractivity contribution in [2.45, 2.75) is 23.6 Å². The van der Waals surface area contributed by atoms with Crippen LogP contribution in [0, 0.1) is 0 Å². The first-order valence-electron chi connectivity index (χ1n) is 9.96. The summed E-state index contributed by atoms with van der Waals surface area (Å²) in [6.07, 6.45) is 0.424. The molecule has 0 fully saturated rings. The molecule has 176 valence electrons. The Labute approximate surface area is 192 Å². The second-order valence-electron chi connectivity index (χ2n) is 7.39. The number of pyridine rings is 1. The lowest BCUT2D eigenvalue weighted by atomic mass is 10.2. The highest BCUT2D eigenvalue weighted by Gasteiger charge is 2.31. The summed E-state index contributed by atoms with van der Waals surface area (Å²) in [5.74, 6) is -1.41. The summed E-state index contributed by atoms with van der Waals surface area (Å²) in [6, 6.07) is 13.8. The number of ether oxygens (including phenoxy) is 1. The van der Waals surface area contributed by atoms with Crippen molar-refractivity contribution in [3.8, 4) is 5.75 Å². The number of alkyl halides is 3. The third kappa shape index (κ3) is 5.73. The molecule has 2 aromatic carbocycles. The number of nitrogens with zero attached hydrogens (tertiary/aromatic N) is 2. The van der Waals surface area contributed by atoms with Crippen molar-refractivity contribution in [2.75, 3.05) is 0 Å². The number of nitrogens with one attached hydrogen (secondary N) is 1. The molecule has 0 aliphatic rings. The summed E-state index contributed by atoms with van der Waals surface area (Å²) in [6.45, 7) is 0.267. The van der Waals surface area contributed by atoms with E-state index in [1.807, 2.05) is 22.7 Å². The molecule has 0 radical (unpaired) electrons. The van der Waals surface area contributed by atoms with E-state index < -0.39 is 27.7 Å². The topological polar surface area (TPSA) is 89.8 Å². The predicted octanol–water partition coefficient (Wildman–Crippen LogP) is 4.14. The number of benzene rings is 2. The third-order valence-corrected chi connectivity index (χ3v) is 6.57. The molecule has 2 heterocycles. The maximum absolute atomic E-state index is 12.7. The van der Waals surface area contributed by atoms with Gasteiger partial charge in [0.15, 0.2) is 9.84 Å². The van der Waals surface area contributed by atoms with Crippen molar-refractivity contribution in [1.29, 1.82) is 0 Å². The fourth-order valence-corrected chi connectivity index (χ4v) is 4.64. The molecule has 4 aromatic rings. The van der Waals surface area contributed by atoms with Crippen LogP contribution in [0.5, 0.6) is 5.75 Å². The van der Waals surface area contributed by atoms with Crippen molar-refractivity contribution in [2.24, 2.45) is 0 Å². The monoisotopic (exact) mass is 489 g/mol. The number of fused-ring (bicyclic) bond motifs is 1. The van der Waals surface area contributed by atoms with Crippen LogP contribution < -0.4 is 10.1 Å². The number of carbonyl (C=O) groups is 1. The van der Waals surface area contributed by atoms with Gasteiger partial charge >= 0.3 is 6.36 Å². The molecule has 0 saturated heterocycles. The predicted molar refractivity (Wildman–Crippen MR) is 117 cm³/mol. The zero-order valence-electron chi connectivity index (χ0n) is 17.5. The van der Waals surface area contributed by atoms with E-state index >= 15 is 0 Å². The van der Waals surface area contributed by atoms with E-state index in [9.17, 15) is 26.4 Å². The van der Waals surface area contributed by atoms with Crippen LogP contribution in [0.25, 0.3) is 5.65 Å². The molecule has 0 saturated carbocycles. The number of sulfone groups is 1. The normalized spacial score (nSPS) is 12.0. The molecular formula is C23H18F3N3O4S. The Morgan fingerprint density at radius 1 is 1.03 bits per heavy atom. The van der Waals surface area contributed by atoms with E-state index in [0.717, 1.165) is 23.3 Å². The Morgan fingerprint density at radius 2 is 1.79 bits per heavy atom. The molecule has 1 amide bonds. The number of hydrogen-bond donors (Lipinski definition) is 1. The van der Waals surface area contributed by atoms with Gasteiger partial charge in [0.25, 0.3) is 5.91 Å². The summed E-state index contributed by atoms with van der Waals surface area (Å²) >= 11 is 0. The summed E-state index contributed by atoms with van der Waals surface area (Å²) in [4.78, 5) is 16.5. The van der Waals surface area contributed by atoms with E-state index in [0.29, 0.717) is 0 Å². The first-order valence-corrected chi connectivity index (χ1v) is 11.6. The standard InChI is InChI=1S/C23H18F3N3O4S/c24-23(25,26)33-19-3-1-2-16(12-19)15-34(31,32)20-7-5-18(6-8-20)22(30)28-13-17-4-9-21-27-10-11-29(21)14-17/h1-12,14H,13,15H2,(H,28,30). The fourth-order valence-electron chi connectivity index (χ4n) is 3.30. The lowest BCUT2D eigenvalue weighted by Crippen LogP contribution is -2.23. The van der Waals surface area contributed by atoms with Crippen LogP contribution >= 0.6 is 0 Å². The Bertz CT molecular complexity index is 1430. The molecule has 11 heteroatoms. The highest BCUT2D eigenvalue weighted by atomic mass is 32.2. The Morgan fingerprint density at radius 3 is 2.53 bits per heavy atom. The number of halogens is 3. The van der Waals surface area contributed by atoms with Gasteiger partial charge in [-0.05, 0) is 53.6 Å². The van der Waals surface area contributed by atoms with Crippen LogP contribution in [-0.2, 0) is 22.1 Å². The Kier molecular flexibility index (Phi) is 6.29. The van der Waals surface area contributed by atoms with Crippen LogP contribution in [0.2, 0.25) is 0 Å². The molecule has 0 spiro atoms. The highest BCUT2D eigenvalue weighted by Crippen LogP contribution is 2.25. The second kappa shape index (κ2) is 9.18. The zero-order chi connectivity index (χ0) is 24.3. The van der Waals surface area contributed by atoms with Crippen LogP contribution in [0.4, 0.5) is 13.2 Å². The number of aromatic nitrogens is 2. The molecule has 1 N–H and O–H groups in total. The Hall–Kier alpha value is -3.86. The van der Waals surface area contributed by atoms with Crippen molar-refractivity contribution in [3.63, 3.8) is 0 Å². The number of carbonyl (C=O) groups excluding carboxylic acids is 1. The SMILES string of the molecule is O=C(NCc1ccc2nccn2c1)c1ccc(S(=O)(=O)Cc2cccc(OC(F)(F)F)c2)cc1. The second-order valence-corrected chi connectivity index (χ2v) is 9.38. The molecule has 2 aromatic heterocycles. The van der Waals surface area contributed by atoms with Crippen molar-refractivity contribution in [1.82, 2.24) is 14.7 Å². The quantitative estimate of drug-likeness (QED) is 0.422. The lowest BCUT2D eigenvalue weighted by molar-refractivity contribution is -0.274. The maximum Gasteiger partial charge on any atom is 0.573 e. The summed E-state index contributed by atoms with van der Waals surface area (Å²) in [5.41, 5.74) is 2.04. The molecule has 0 unspecified atom stereocenters. The number of hydrogen-bond acceptors (Lipinski definition) is 5. The van der Waals surface area contributed by atoms with Crippen LogP contribution in [0.1, 0.15) is 21.5 Å². The summed E-state index contributed by atoms with van der Waals surface area (Å²) in [7, 11) is -3.86. The van der Waals surface area contributed by atoms with Crippen LogP contribution in [-0.4, -0.2) is 30.1 Å². The summed E-state index contributed by atoms with van der Waals surface area (Å²) in [5, 5.41) is 2.77. The fraction of sp³-hybridized carbons (Fsp3) is 0.130. The van der Waals surface area contributed by atoms with E-state index in [-0.39, 0.29) is 28.5 Å². The van der Waals surface area contributed by atoms with Gasteiger partial charge in [0, 0.05) is 30.7 Å². The van der Waals surface area contributed by atoms with Gasteiger partial charge in [-0.15, -0.1) is 13.2 Å². The van der Waals surface area contributed by atoms with Crippen molar-refractivity contribution < 1.29 is 31.1 Å². The third-order valence-electron chi connectivity index (χ3n) is 4.87. The minimum atomic E-state index is -4.87. The lowest BCUT2D eigenvalue weighted by Gasteiger charge is -2.11. The van der Waals surface area contributed by atoms with Gasteiger partial charge < -0.3 is 14.5 Å². The smallest absolute Gasteiger partial charge is 0.406 e. The van der Waals surface area contributed by atoms with Gasteiger partial charge in [0.1, 0.15) is 11.4 Å². The molecule has 0 aliphatic heterocycles. The minimum absolute atomic E-state index is 0.0586.